The van der Waals surface area contributed by atoms with Crippen molar-refractivity contribution in [2.45, 2.75) is 25.6 Å². The lowest BCUT2D eigenvalue weighted by Crippen LogP contribution is -2.56. The molecule has 200 valence electrons. The van der Waals surface area contributed by atoms with Crippen LogP contribution in [0.2, 0.25) is 5.15 Å². The number of carbonyl (C=O) groups excluding carboxylic acids is 2. The molecule has 2 aromatic heterocycles. The van der Waals surface area contributed by atoms with Crippen LogP contribution in [-0.2, 0) is 11.3 Å². The van der Waals surface area contributed by atoms with Crippen LogP contribution in [0.4, 0.5) is 4.39 Å². The zero-order valence-electron chi connectivity index (χ0n) is 21.3. The number of halogens is 2. The van der Waals surface area contributed by atoms with E-state index in [4.69, 9.17) is 16.3 Å². The highest BCUT2D eigenvalue weighted by atomic mass is 35.5. The second-order valence-electron chi connectivity index (χ2n) is 9.05. The van der Waals surface area contributed by atoms with Gasteiger partial charge in [-0.2, -0.15) is 4.39 Å². The Balaban J connectivity index is 1.70. The van der Waals surface area contributed by atoms with Gasteiger partial charge in [0, 0.05) is 45.2 Å². The van der Waals surface area contributed by atoms with Gasteiger partial charge in [0.2, 0.25) is 11.9 Å². The number of rotatable bonds is 7. The minimum absolute atomic E-state index is 0.0923. The first-order valence-corrected chi connectivity index (χ1v) is 12.4. The molecule has 2 N–H and O–H groups in total. The third kappa shape index (κ3) is 6.09. The Labute approximate surface area is 225 Å². The second-order valence-corrected chi connectivity index (χ2v) is 9.44. The molecule has 4 rings (SSSR count). The summed E-state index contributed by atoms with van der Waals surface area (Å²) in [6.07, 6.45) is 0. The summed E-state index contributed by atoms with van der Waals surface area (Å²) in [7, 11) is 3.04. The van der Waals surface area contributed by atoms with E-state index in [0.29, 0.717) is 36.5 Å². The number of nitrogens with zero attached hydrogens (tertiary/aromatic N) is 4. The molecule has 0 radical (unpaired) electrons. The van der Waals surface area contributed by atoms with Crippen molar-refractivity contribution in [2.24, 2.45) is 0 Å². The van der Waals surface area contributed by atoms with E-state index in [1.54, 1.807) is 24.1 Å². The largest absolute Gasteiger partial charge is 0.497 e. The molecule has 1 aromatic carbocycles. The minimum atomic E-state index is -0.830. The maximum atomic E-state index is 14.3. The lowest BCUT2D eigenvalue weighted by atomic mass is 9.97. The van der Waals surface area contributed by atoms with E-state index in [0.717, 1.165) is 11.3 Å². The number of aliphatic hydroxyl groups is 1. The molecule has 1 aliphatic rings. The number of methoxy groups -OCH3 is 1. The van der Waals surface area contributed by atoms with E-state index >= 15 is 0 Å². The van der Waals surface area contributed by atoms with Crippen molar-refractivity contribution in [2.75, 3.05) is 33.9 Å². The van der Waals surface area contributed by atoms with E-state index in [-0.39, 0.29) is 29.4 Å². The number of nitrogens with one attached hydrogen (secondary N) is 1. The summed E-state index contributed by atoms with van der Waals surface area (Å²) in [6, 6.07) is 13.0. The fourth-order valence-electron chi connectivity index (χ4n) is 4.65. The molecule has 2 unspecified atom stereocenters. The maximum absolute atomic E-state index is 14.3. The van der Waals surface area contributed by atoms with Gasteiger partial charge in [0.15, 0.2) is 0 Å². The van der Waals surface area contributed by atoms with Gasteiger partial charge in [-0.05, 0) is 41.5 Å². The molecule has 1 fully saturated rings. The summed E-state index contributed by atoms with van der Waals surface area (Å²) in [5.74, 6) is -0.766. The highest BCUT2D eigenvalue weighted by Gasteiger charge is 2.36. The molecule has 0 saturated carbocycles. The van der Waals surface area contributed by atoms with Crippen molar-refractivity contribution >= 4 is 23.4 Å². The average Bonchev–Trinajstić information content (AvgIpc) is 2.92. The lowest BCUT2D eigenvalue weighted by molar-refractivity contribution is -0.136. The molecule has 9 nitrogen and oxygen atoms in total. The molecule has 2 atom stereocenters. The van der Waals surface area contributed by atoms with Crippen LogP contribution < -0.4 is 10.1 Å². The number of pyridine rings is 2. The van der Waals surface area contributed by atoms with Crippen LogP contribution in [0.3, 0.4) is 0 Å². The first-order chi connectivity index (χ1) is 18.2. The SMILES string of the molecule is CNC(=O)c1cc(-c2cc(C3CN(Cc4ccc(OC)cc4)C(CO)CN3C(C)=O)cc(Cl)n2)cc(F)n1. The predicted octanol–water partition coefficient (Wildman–Crippen LogP) is 3.07. The van der Waals surface area contributed by atoms with E-state index in [2.05, 4.69) is 20.2 Å². The Morgan fingerprint density at radius 3 is 2.53 bits per heavy atom. The molecule has 2 amide bonds. The number of aliphatic hydroxyl groups excluding tert-OH is 1. The van der Waals surface area contributed by atoms with Crippen molar-refractivity contribution in [1.82, 2.24) is 25.1 Å². The topological polar surface area (TPSA) is 108 Å². The molecule has 3 aromatic rings. The Morgan fingerprint density at radius 2 is 1.89 bits per heavy atom. The quantitative estimate of drug-likeness (QED) is 0.443. The number of piperazine rings is 1. The van der Waals surface area contributed by atoms with E-state index in [1.807, 2.05) is 24.3 Å². The molecular formula is C27H29ClFN5O4. The summed E-state index contributed by atoms with van der Waals surface area (Å²) >= 11 is 6.40. The highest BCUT2D eigenvalue weighted by Crippen LogP contribution is 2.33. The zero-order chi connectivity index (χ0) is 27.4. The third-order valence-corrected chi connectivity index (χ3v) is 6.81. The molecule has 0 aliphatic carbocycles. The fraction of sp³-hybridized carbons (Fsp3) is 0.333. The number of aromatic nitrogens is 2. The number of hydrogen-bond acceptors (Lipinski definition) is 7. The van der Waals surface area contributed by atoms with Gasteiger partial charge >= 0.3 is 0 Å². The lowest BCUT2D eigenvalue weighted by Gasteiger charge is -2.46. The number of hydrogen-bond donors (Lipinski definition) is 2. The summed E-state index contributed by atoms with van der Waals surface area (Å²) in [4.78, 5) is 36.6. The van der Waals surface area contributed by atoms with Crippen molar-refractivity contribution < 1.29 is 23.8 Å². The Kier molecular flexibility index (Phi) is 8.55. The van der Waals surface area contributed by atoms with Gasteiger partial charge in [-0.1, -0.05) is 23.7 Å². The molecule has 0 bridgehead atoms. The van der Waals surface area contributed by atoms with Gasteiger partial charge in [-0.25, -0.2) is 9.97 Å². The maximum Gasteiger partial charge on any atom is 0.269 e. The number of benzene rings is 1. The summed E-state index contributed by atoms with van der Waals surface area (Å²) < 4.78 is 19.5. The van der Waals surface area contributed by atoms with Crippen LogP contribution in [0.25, 0.3) is 11.3 Å². The van der Waals surface area contributed by atoms with Crippen molar-refractivity contribution in [3.63, 3.8) is 0 Å². The van der Waals surface area contributed by atoms with E-state index in [1.165, 1.54) is 26.1 Å². The van der Waals surface area contributed by atoms with Crippen LogP contribution in [0.5, 0.6) is 5.75 Å². The van der Waals surface area contributed by atoms with Crippen molar-refractivity contribution in [3.05, 3.63) is 76.5 Å². The molecule has 1 aliphatic heterocycles. The Hall–Kier alpha value is -3.60. The highest BCUT2D eigenvalue weighted by molar-refractivity contribution is 6.29. The average molecular weight is 542 g/mol. The van der Waals surface area contributed by atoms with E-state index < -0.39 is 17.9 Å². The van der Waals surface area contributed by atoms with Crippen molar-refractivity contribution in [3.8, 4) is 17.0 Å². The monoisotopic (exact) mass is 541 g/mol. The van der Waals surface area contributed by atoms with Gasteiger partial charge in [-0.3, -0.25) is 14.5 Å². The minimum Gasteiger partial charge on any atom is -0.497 e. The Bertz CT molecular complexity index is 1320. The van der Waals surface area contributed by atoms with Crippen LogP contribution >= 0.6 is 11.6 Å². The second kappa shape index (κ2) is 11.8. The normalized spacial score (nSPS) is 17.8. The first kappa shape index (κ1) is 27.4. The van der Waals surface area contributed by atoms with Gasteiger partial charge in [0.1, 0.15) is 16.6 Å². The van der Waals surface area contributed by atoms with Crippen LogP contribution in [0.1, 0.15) is 34.6 Å². The molecular weight excluding hydrogens is 513 g/mol. The number of ether oxygens (including phenoxy) is 1. The zero-order valence-corrected chi connectivity index (χ0v) is 22.1. The first-order valence-electron chi connectivity index (χ1n) is 12.0. The Morgan fingerprint density at radius 1 is 1.16 bits per heavy atom. The van der Waals surface area contributed by atoms with Crippen LogP contribution in [-0.4, -0.2) is 76.6 Å². The van der Waals surface area contributed by atoms with Gasteiger partial charge in [0.25, 0.3) is 5.91 Å². The van der Waals surface area contributed by atoms with Gasteiger partial charge in [-0.15, -0.1) is 0 Å². The molecule has 11 heteroatoms. The molecule has 38 heavy (non-hydrogen) atoms. The number of amides is 2. The number of carbonyl (C=O) groups is 2. The standard InChI is InChI=1S/C27H29ClFN5O4/c1-16(36)34-13-20(15-35)33(12-17-4-6-21(38-3)7-5-17)14-24(34)19-9-22(31-25(28)10-19)18-8-23(27(37)30-2)32-26(29)11-18/h4-11,20,24,35H,12-15H2,1-3H3,(H,30,37). The smallest absolute Gasteiger partial charge is 0.269 e. The molecule has 1 saturated heterocycles. The van der Waals surface area contributed by atoms with E-state index in [9.17, 15) is 19.1 Å². The predicted molar refractivity (Wildman–Crippen MR) is 140 cm³/mol. The van der Waals surface area contributed by atoms with Gasteiger partial charge < -0.3 is 20.1 Å². The molecule has 3 heterocycles. The summed E-state index contributed by atoms with van der Waals surface area (Å²) in [5, 5.41) is 12.7. The van der Waals surface area contributed by atoms with Crippen LogP contribution in [0, 0.1) is 5.95 Å². The van der Waals surface area contributed by atoms with Gasteiger partial charge in [0.05, 0.1) is 31.5 Å². The molecule has 0 spiro atoms. The summed E-state index contributed by atoms with van der Waals surface area (Å²) in [6.45, 7) is 2.65. The summed E-state index contributed by atoms with van der Waals surface area (Å²) in [5.41, 5.74) is 2.30. The fourth-order valence-corrected chi connectivity index (χ4v) is 4.87. The van der Waals surface area contributed by atoms with Crippen molar-refractivity contribution in [1.29, 1.82) is 0 Å². The third-order valence-electron chi connectivity index (χ3n) is 6.62. The van der Waals surface area contributed by atoms with Crippen LogP contribution in [0.15, 0.2) is 48.5 Å².